The second-order valence-electron chi connectivity index (χ2n) is 5.81. The Hall–Kier alpha value is -1.35. The van der Waals surface area contributed by atoms with Crippen molar-refractivity contribution in [3.8, 4) is 0 Å². The minimum atomic E-state index is 0.139. The van der Waals surface area contributed by atoms with Crippen molar-refractivity contribution < 1.29 is 4.79 Å². The van der Waals surface area contributed by atoms with E-state index in [0.29, 0.717) is 12.3 Å². The summed E-state index contributed by atoms with van der Waals surface area (Å²) in [5.74, 6) is 0.605. The van der Waals surface area contributed by atoms with Crippen LogP contribution in [0.15, 0.2) is 30.3 Å². The lowest BCUT2D eigenvalue weighted by atomic mass is 9.90. The first-order chi connectivity index (χ1) is 10.0. The summed E-state index contributed by atoms with van der Waals surface area (Å²) in [7, 11) is 0. The molecule has 1 amide bonds. The van der Waals surface area contributed by atoms with Crippen LogP contribution in [0.2, 0.25) is 0 Å². The Morgan fingerprint density at radius 1 is 1.14 bits per heavy atom. The highest BCUT2D eigenvalue weighted by Crippen LogP contribution is 2.27. The average molecular weight is 290 g/mol. The molecule has 21 heavy (non-hydrogen) atoms. The van der Waals surface area contributed by atoms with Gasteiger partial charge in [0, 0.05) is 24.2 Å². The number of hydrogen-bond acceptors (Lipinski definition) is 2. The molecule has 0 saturated heterocycles. The average Bonchev–Trinajstić information content (AvgIpc) is 2.53. The Morgan fingerprint density at radius 3 is 2.24 bits per heavy atom. The number of hydrogen-bond donors (Lipinski definition) is 1. The first-order valence-electron chi connectivity index (χ1n) is 8.17. The van der Waals surface area contributed by atoms with Crippen LogP contribution in [0.25, 0.3) is 0 Å². The van der Waals surface area contributed by atoms with Gasteiger partial charge in [-0.2, -0.15) is 0 Å². The zero-order valence-electron chi connectivity index (χ0n) is 13.9. The Morgan fingerprint density at radius 2 is 1.76 bits per heavy atom. The van der Waals surface area contributed by atoms with Crippen molar-refractivity contribution in [2.24, 2.45) is 11.7 Å². The predicted molar refractivity (Wildman–Crippen MR) is 90.3 cm³/mol. The van der Waals surface area contributed by atoms with Crippen molar-refractivity contribution in [3.63, 3.8) is 0 Å². The van der Waals surface area contributed by atoms with Gasteiger partial charge in [-0.05, 0) is 30.9 Å². The van der Waals surface area contributed by atoms with Crippen LogP contribution in [-0.2, 0) is 4.79 Å². The highest BCUT2D eigenvalue weighted by atomic mass is 16.2. The molecule has 3 heteroatoms. The van der Waals surface area contributed by atoms with E-state index >= 15 is 0 Å². The molecule has 0 aliphatic heterocycles. The largest absolute Gasteiger partial charge is 0.328 e. The van der Waals surface area contributed by atoms with E-state index in [0.717, 1.165) is 24.9 Å². The van der Waals surface area contributed by atoms with Crippen LogP contribution in [0.1, 0.15) is 53.4 Å². The van der Waals surface area contributed by atoms with Crippen LogP contribution in [0, 0.1) is 5.92 Å². The molecule has 2 N–H and O–H groups in total. The van der Waals surface area contributed by atoms with E-state index in [-0.39, 0.29) is 18.0 Å². The maximum Gasteiger partial charge on any atom is 0.226 e. The summed E-state index contributed by atoms with van der Waals surface area (Å²) >= 11 is 0. The highest BCUT2D eigenvalue weighted by Gasteiger charge is 2.29. The third-order valence-corrected chi connectivity index (χ3v) is 4.31. The lowest BCUT2D eigenvalue weighted by Crippen LogP contribution is -2.46. The van der Waals surface area contributed by atoms with Gasteiger partial charge < -0.3 is 10.6 Å². The molecule has 0 saturated carbocycles. The SMILES string of the molecule is CCC(=O)N(c1ccccc1)C(CC(N)CC)C(C)CC. The third-order valence-electron chi connectivity index (χ3n) is 4.31. The Kier molecular flexibility index (Phi) is 7.44. The van der Waals surface area contributed by atoms with Crippen molar-refractivity contribution in [3.05, 3.63) is 30.3 Å². The normalized spacial score (nSPS) is 15.3. The van der Waals surface area contributed by atoms with Gasteiger partial charge in [-0.25, -0.2) is 0 Å². The molecule has 3 atom stereocenters. The fourth-order valence-corrected chi connectivity index (χ4v) is 2.62. The first-order valence-corrected chi connectivity index (χ1v) is 8.17. The summed E-state index contributed by atoms with van der Waals surface area (Å²) in [6, 6.07) is 10.3. The molecule has 1 aromatic rings. The number of carbonyl (C=O) groups is 1. The molecule has 0 spiro atoms. The molecule has 3 nitrogen and oxygen atoms in total. The smallest absolute Gasteiger partial charge is 0.226 e. The molecule has 0 fully saturated rings. The number of carbonyl (C=O) groups excluding carboxylic acids is 1. The summed E-state index contributed by atoms with van der Waals surface area (Å²) in [6.45, 7) is 8.42. The van der Waals surface area contributed by atoms with Crippen molar-refractivity contribution >= 4 is 11.6 Å². The Bertz CT molecular complexity index is 418. The lowest BCUT2D eigenvalue weighted by molar-refractivity contribution is -0.119. The molecule has 0 bridgehead atoms. The van der Waals surface area contributed by atoms with Crippen molar-refractivity contribution in [1.29, 1.82) is 0 Å². The van der Waals surface area contributed by atoms with E-state index in [9.17, 15) is 4.79 Å². The maximum atomic E-state index is 12.5. The van der Waals surface area contributed by atoms with Crippen LogP contribution in [0.5, 0.6) is 0 Å². The van der Waals surface area contributed by atoms with Gasteiger partial charge in [-0.3, -0.25) is 4.79 Å². The second-order valence-corrected chi connectivity index (χ2v) is 5.81. The zero-order valence-corrected chi connectivity index (χ0v) is 13.9. The van der Waals surface area contributed by atoms with Gasteiger partial charge in [0.15, 0.2) is 0 Å². The zero-order chi connectivity index (χ0) is 15.8. The number of anilines is 1. The van der Waals surface area contributed by atoms with E-state index in [4.69, 9.17) is 5.73 Å². The van der Waals surface area contributed by atoms with Gasteiger partial charge in [0.2, 0.25) is 5.91 Å². The predicted octanol–water partition coefficient (Wildman–Crippen LogP) is 3.97. The minimum Gasteiger partial charge on any atom is -0.328 e. The summed E-state index contributed by atoms with van der Waals surface area (Å²) in [4.78, 5) is 14.5. The molecule has 0 aromatic heterocycles. The third kappa shape index (κ3) is 4.85. The standard InChI is InChI=1S/C18H30N2O/c1-5-14(4)17(13-15(19)6-2)20(18(21)7-3)16-11-9-8-10-12-16/h8-12,14-15,17H,5-7,13,19H2,1-4H3. The molecule has 1 rings (SSSR count). The summed E-state index contributed by atoms with van der Waals surface area (Å²) in [5.41, 5.74) is 7.17. The van der Waals surface area contributed by atoms with Crippen molar-refractivity contribution in [1.82, 2.24) is 0 Å². The van der Waals surface area contributed by atoms with E-state index in [1.165, 1.54) is 0 Å². The topological polar surface area (TPSA) is 46.3 Å². The van der Waals surface area contributed by atoms with E-state index in [1.54, 1.807) is 0 Å². The highest BCUT2D eigenvalue weighted by molar-refractivity contribution is 5.93. The van der Waals surface area contributed by atoms with Gasteiger partial charge in [0.05, 0.1) is 0 Å². The van der Waals surface area contributed by atoms with Crippen LogP contribution in [-0.4, -0.2) is 18.0 Å². The lowest BCUT2D eigenvalue weighted by Gasteiger charge is -2.37. The molecule has 3 unspecified atom stereocenters. The molecule has 0 aliphatic carbocycles. The first kappa shape index (κ1) is 17.7. The quantitative estimate of drug-likeness (QED) is 0.787. The molecular weight excluding hydrogens is 260 g/mol. The summed E-state index contributed by atoms with van der Waals surface area (Å²) in [6.07, 6.45) is 3.35. The van der Waals surface area contributed by atoms with Crippen molar-refractivity contribution in [2.75, 3.05) is 4.90 Å². The molecule has 1 aromatic carbocycles. The van der Waals surface area contributed by atoms with Crippen LogP contribution in [0.3, 0.4) is 0 Å². The Labute approximate surface area is 129 Å². The fraction of sp³-hybridized carbons (Fsp3) is 0.611. The van der Waals surface area contributed by atoms with Crippen LogP contribution in [0.4, 0.5) is 5.69 Å². The summed E-state index contributed by atoms with van der Waals surface area (Å²) < 4.78 is 0. The van der Waals surface area contributed by atoms with E-state index in [1.807, 2.05) is 42.2 Å². The van der Waals surface area contributed by atoms with Gasteiger partial charge in [0.25, 0.3) is 0 Å². The second kappa shape index (κ2) is 8.83. The molecule has 0 heterocycles. The molecule has 118 valence electrons. The number of rotatable bonds is 8. The summed E-state index contributed by atoms with van der Waals surface area (Å²) in [5, 5.41) is 0. The molecule has 0 aliphatic rings. The Balaban J connectivity index is 3.14. The van der Waals surface area contributed by atoms with Gasteiger partial charge in [-0.1, -0.05) is 52.3 Å². The molecule has 0 radical (unpaired) electrons. The molecular formula is C18H30N2O. The maximum absolute atomic E-state index is 12.5. The number of amides is 1. The number of nitrogens with zero attached hydrogens (tertiary/aromatic N) is 1. The van der Waals surface area contributed by atoms with Gasteiger partial charge >= 0.3 is 0 Å². The number of para-hydroxylation sites is 1. The van der Waals surface area contributed by atoms with E-state index in [2.05, 4.69) is 20.8 Å². The van der Waals surface area contributed by atoms with Gasteiger partial charge in [0.1, 0.15) is 0 Å². The number of benzene rings is 1. The van der Waals surface area contributed by atoms with Crippen molar-refractivity contribution in [2.45, 2.75) is 65.5 Å². The van der Waals surface area contributed by atoms with Gasteiger partial charge in [-0.15, -0.1) is 0 Å². The minimum absolute atomic E-state index is 0.139. The fourth-order valence-electron chi connectivity index (χ4n) is 2.62. The number of nitrogens with two attached hydrogens (primary N) is 1. The van der Waals surface area contributed by atoms with E-state index < -0.39 is 0 Å². The van der Waals surface area contributed by atoms with Crippen LogP contribution >= 0.6 is 0 Å². The monoisotopic (exact) mass is 290 g/mol. The van der Waals surface area contributed by atoms with Crippen LogP contribution < -0.4 is 10.6 Å².